The summed E-state index contributed by atoms with van der Waals surface area (Å²) in [7, 11) is 2.10. The predicted molar refractivity (Wildman–Crippen MR) is 74.1 cm³/mol. The number of alkyl halides is 3. The summed E-state index contributed by atoms with van der Waals surface area (Å²) in [5.74, 6) is 0.500. The predicted octanol–water partition coefficient (Wildman–Crippen LogP) is 4.16. The van der Waals surface area contributed by atoms with Gasteiger partial charge in [-0.05, 0) is 62.8 Å². The summed E-state index contributed by atoms with van der Waals surface area (Å²) in [6.07, 6.45) is 3.29. The lowest BCUT2D eigenvalue weighted by Crippen LogP contribution is -2.26. The number of halogens is 3. The molecule has 6 heteroatoms. The van der Waals surface area contributed by atoms with Gasteiger partial charge < -0.3 is 9.64 Å². The van der Waals surface area contributed by atoms with Crippen LogP contribution in [-0.4, -0.2) is 36.6 Å². The van der Waals surface area contributed by atoms with Crippen LogP contribution in [0.15, 0.2) is 29.2 Å². The van der Waals surface area contributed by atoms with Crippen molar-refractivity contribution in [2.75, 3.05) is 20.2 Å². The molecule has 1 atom stereocenters. The fraction of sp³-hybridized carbons (Fsp3) is 0.571. The minimum Gasteiger partial charge on any atom is -0.493 e. The molecule has 0 aliphatic carbocycles. The Hall–Kier alpha value is -0.880. The normalized spacial score (nSPS) is 20.3. The van der Waals surface area contributed by atoms with E-state index in [1.807, 2.05) is 0 Å². The zero-order valence-corrected chi connectivity index (χ0v) is 12.1. The lowest BCUT2D eigenvalue weighted by molar-refractivity contribution is -0.0328. The molecule has 0 saturated carbocycles. The van der Waals surface area contributed by atoms with Crippen LogP contribution in [-0.2, 0) is 0 Å². The summed E-state index contributed by atoms with van der Waals surface area (Å²) in [5.41, 5.74) is -4.26. The van der Waals surface area contributed by atoms with Crippen molar-refractivity contribution >= 4 is 11.8 Å². The topological polar surface area (TPSA) is 12.5 Å². The molecule has 0 amide bonds. The fourth-order valence-corrected chi connectivity index (χ4v) is 3.01. The second kappa shape index (κ2) is 6.72. The summed E-state index contributed by atoms with van der Waals surface area (Å²) in [6.45, 7) is 1.65. The Morgan fingerprint density at radius 1 is 1.40 bits per heavy atom. The van der Waals surface area contributed by atoms with Crippen LogP contribution in [0.3, 0.4) is 0 Å². The van der Waals surface area contributed by atoms with Crippen LogP contribution in [0, 0.1) is 0 Å². The molecular formula is C14H18F3NOS. The molecule has 1 aliphatic heterocycles. The summed E-state index contributed by atoms with van der Waals surface area (Å²) in [5, 5.41) is 0. The standard InChI is InChI=1S/C14H18F3NOS/c1-18-8-3-4-11(18)7-9-19-12-5-2-6-13(10-12)20-14(15,16)17/h2,5-6,10-11H,3-4,7-9H2,1H3. The molecule has 2 nitrogen and oxygen atoms in total. The molecule has 0 N–H and O–H groups in total. The average Bonchev–Trinajstić information content (AvgIpc) is 2.73. The molecule has 1 heterocycles. The van der Waals surface area contributed by atoms with E-state index < -0.39 is 5.51 Å². The molecule has 1 saturated heterocycles. The van der Waals surface area contributed by atoms with Gasteiger partial charge in [-0.3, -0.25) is 0 Å². The highest BCUT2D eigenvalue weighted by Gasteiger charge is 2.29. The van der Waals surface area contributed by atoms with Gasteiger partial charge in [0.15, 0.2) is 0 Å². The largest absolute Gasteiger partial charge is 0.493 e. The van der Waals surface area contributed by atoms with Crippen molar-refractivity contribution in [3.8, 4) is 5.75 Å². The van der Waals surface area contributed by atoms with Gasteiger partial charge in [-0.15, -0.1) is 0 Å². The van der Waals surface area contributed by atoms with Gasteiger partial charge >= 0.3 is 5.51 Å². The van der Waals surface area contributed by atoms with Crippen molar-refractivity contribution in [2.24, 2.45) is 0 Å². The molecule has 0 aromatic heterocycles. The minimum absolute atomic E-state index is 0.114. The average molecular weight is 305 g/mol. The number of ether oxygens (including phenoxy) is 1. The van der Waals surface area contributed by atoms with Crippen LogP contribution < -0.4 is 4.74 Å². The van der Waals surface area contributed by atoms with Crippen molar-refractivity contribution in [1.29, 1.82) is 0 Å². The maximum Gasteiger partial charge on any atom is 0.446 e. The number of thioether (sulfide) groups is 1. The number of nitrogens with zero attached hydrogens (tertiary/aromatic N) is 1. The highest BCUT2D eigenvalue weighted by atomic mass is 32.2. The van der Waals surface area contributed by atoms with E-state index in [0.29, 0.717) is 18.4 Å². The molecule has 1 fully saturated rings. The Balaban J connectivity index is 1.82. The van der Waals surface area contributed by atoms with E-state index in [1.165, 1.54) is 25.0 Å². The lowest BCUT2D eigenvalue weighted by Gasteiger charge is -2.19. The first-order chi connectivity index (χ1) is 9.44. The van der Waals surface area contributed by atoms with E-state index in [0.717, 1.165) is 13.0 Å². The van der Waals surface area contributed by atoms with Crippen LogP contribution in [0.4, 0.5) is 13.2 Å². The Morgan fingerprint density at radius 3 is 2.85 bits per heavy atom. The highest BCUT2D eigenvalue weighted by molar-refractivity contribution is 8.00. The molecule has 1 aromatic carbocycles. The van der Waals surface area contributed by atoms with Gasteiger partial charge in [0.1, 0.15) is 5.75 Å². The first kappa shape index (κ1) is 15.5. The third kappa shape index (κ3) is 4.90. The van der Waals surface area contributed by atoms with Gasteiger partial charge in [0, 0.05) is 10.9 Å². The van der Waals surface area contributed by atoms with Crippen molar-refractivity contribution in [3.63, 3.8) is 0 Å². The molecule has 1 aromatic rings. The third-order valence-electron chi connectivity index (χ3n) is 3.43. The number of hydrogen-bond acceptors (Lipinski definition) is 3. The number of benzene rings is 1. The quantitative estimate of drug-likeness (QED) is 0.758. The number of hydrogen-bond donors (Lipinski definition) is 0. The van der Waals surface area contributed by atoms with Gasteiger partial charge in [-0.2, -0.15) is 13.2 Å². The lowest BCUT2D eigenvalue weighted by atomic mass is 10.1. The van der Waals surface area contributed by atoms with Gasteiger partial charge in [0.05, 0.1) is 6.61 Å². The van der Waals surface area contributed by atoms with Gasteiger partial charge in [0.25, 0.3) is 0 Å². The van der Waals surface area contributed by atoms with Gasteiger partial charge in [-0.25, -0.2) is 0 Å². The first-order valence-electron chi connectivity index (χ1n) is 6.63. The fourth-order valence-electron chi connectivity index (χ4n) is 2.42. The SMILES string of the molecule is CN1CCCC1CCOc1cccc(SC(F)(F)F)c1. The smallest absolute Gasteiger partial charge is 0.446 e. The second-order valence-electron chi connectivity index (χ2n) is 4.94. The third-order valence-corrected chi connectivity index (χ3v) is 4.15. The van der Waals surface area contributed by atoms with Gasteiger partial charge in [0.2, 0.25) is 0 Å². The molecule has 1 aliphatic rings. The summed E-state index contributed by atoms with van der Waals surface area (Å²) in [4.78, 5) is 2.47. The van der Waals surface area contributed by atoms with E-state index in [2.05, 4.69) is 11.9 Å². The molecule has 20 heavy (non-hydrogen) atoms. The first-order valence-corrected chi connectivity index (χ1v) is 7.44. The van der Waals surface area contributed by atoms with Gasteiger partial charge in [-0.1, -0.05) is 6.07 Å². The van der Waals surface area contributed by atoms with E-state index in [4.69, 9.17) is 4.74 Å². The zero-order valence-electron chi connectivity index (χ0n) is 11.3. The summed E-state index contributed by atoms with van der Waals surface area (Å²) in [6, 6.07) is 6.69. The number of rotatable bonds is 5. The summed E-state index contributed by atoms with van der Waals surface area (Å²) >= 11 is -0.114. The van der Waals surface area contributed by atoms with Crippen LogP contribution >= 0.6 is 11.8 Å². The molecule has 0 bridgehead atoms. The van der Waals surface area contributed by atoms with Crippen molar-refractivity contribution < 1.29 is 17.9 Å². The van der Waals surface area contributed by atoms with Crippen molar-refractivity contribution in [1.82, 2.24) is 4.90 Å². The van der Waals surface area contributed by atoms with E-state index in [9.17, 15) is 13.2 Å². The molecule has 0 radical (unpaired) electrons. The Labute approximate surface area is 121 Å². The maximum absolute atomic E-state index is 12.3. The monoisotopic (exact) mass is 305 g/mol. The van der Waals surface area contributed by atoms with E-state index in [1.54, 1.807) is 12.1 Å². The maximum atomic E-state index is 12.3. The van der Waals surface area contributed by atoms with E-state index >= 15 is 0 Å². The van der Waals surface area contributed by atoms with E-state index in [-0.39, 0.29) is 16.7 Å². The summed E-state index contributed by atoms with van der Waals surface area (Å²) < 4.78 is 42.4. The molecular weight excluding hydrogens is 287 g/mol. The minimum atomic E-state index is -4.26. The molecule has 0 spiro atoms. The Kier molecular flexibility index (Phi) is 5.21. The second-order valence-corrected chi connectivity index (χ2v) is 6.07. The number of likely N-dealkylation sites (tertiary alicyclic amines) is 1. The zero-order chi connectivity index (χ0) is 14.6. The van der Waals surface area contributed by atoms with Crippen molar-refractivity contribution in [2.45, 2.75) is 35.7 Å². The van der Waals surface area contributed by atoms with Crippen LogP contribution in [0.2, 0.25) is 0 Å². The van der Waals surface area contributed by atoms with Crippen molar-refractivity contribution in [3.05, 3.63) is 24.3 Å². The highest BCUT2D eigenvalue weighted by Crippen LogP contribution is 2.37. The van der Waals surface area contributed by atoms with Crippen LogP contribution in [0.5, 0.6) is 5.75 Å². The van der Waals surface area contributed by atoms with Crippen LogP contribution in [0.25, 0.3) is 0 Å². The Bertz CT molecular complexity index is 439. The van der Waals surface area contributed by atoms with Crippen LogP contribution in [0.1, 0.15) is 19.3 Å². The molecule has 2 rings (SSSR count). The Morgan fingerprint density at radius 2 is 2.20 bits per heavy atom. The molecule has 112 valence electrons. The molecule has 1 unspecified atom stereocenters.